The normalized spacial score (nSPS) is 11.8. The van der Waals surface area contributed by atoms with Gasteiger partial charge in [-0.15, -0.1) is 0 Å². The molecular formula is C20H21ClN4. The van der Waals surface area contributed by atoms with Gasteiger partial charge in [0.2, 0.25) is 5.78 Å². The average Bonchev–Trinajstić information content (AvgIpc) is 3.12. The monoisotopic (exact) mass is 352 g/mol. The Hall–Kier alpha value is -2.30. The Morgan fingerprint density at radius 1 is 1.08 bits per heavy atom. The van der Waals surface area contributed by atoms with Crippen LogP contribution in [0.3, 0.4) is 0 Å². The topological polar surface area (TPSA) is 34.3 Å². The van der Waals surface area contributed by atoms with Crippen molar-refractivity contribution < 1.29 is 0 Å². The van der Waals surface area contributed by atoms with Crippen LogP contribution in [-0.4, -0.2) is 26.5 Å². The van der Waals surface area contributed by atoms with Gasteiger partial charge in [0, 0.05) is 30.4 Å². The van der Waals surface area contributed by atoms with E-state index in [9.17, 15) is 0 Å². The molecule has 0 bridgehead atoms. The fraction of sp³-hybridized carbons (Fsp3) is 0.250. The molecule has 1 N–H and O–H groups in total. The summed E-state index contributed by atoms with van der Waals surface area (Å²) in [6.45, 7) is 6.08. The van der Waals surface area contributed by atoms with Gasteiger partial charge in [-0.3, -0.25) is 4.40 Å². The van der Waals surface area contributed by atoms with E-state index in [-0.39, 0.29) is 0 Å². The van der Waals surface area contributed by atoms with Gasteiger partial charge in [0.25, 0.3) is 0 Å². The third-order valence-electron chi connectivity index (χ3n) is 4.39. The predicted molar refractivity (Wildman–Crippen MR) is 104 cm³/mol. The van der Waals surface area contributed by atoms with E-state index < -0.39 is 0 Å². The maximum absolute atomic E-state index is 6.06. The molecule has 2 aromatic heterocycles. The van der Waals surface area contributed by atoms with Gasteiger partial charge in [-0.1, -0.05) is 49.7 Å². The largest absolute Gasteiger partial charge is 0.313 e. The summed E-state index contributed by atoms with van der Waals surface area (Å²) in [6, 6.07) is 16.7. The van der Waals surface area contributed by atoms with Crippen LogP contribution in [0, 0.1) is 0 Å². The van der Waals surface area contributed by atoms with Crippen molar-refractivity contribution in [2.45, 2.75) is 26.4 Å². The molecule has 0 aliphatic carbocycles. The fourth-order valence-electron chi connectivity index (χ4n) is 3.19. The van der Waals surface area contributed by atoms with E-state index in [1.54, 1.807) is 0 Å². The van der Waals surface area contributed by atoms with E-state index in [1.807, 2.05) is 18.2 Å². The molecule has 0 aliphatic heterocycles. The Bertz CT molecular complexity index is 1010. The molecule has 2 heterocycles. The van der Waals surface area contributed by atoms with Gasteiger partial charge >= 0.3 is 0 Å². The highest BCUT2D eigenvalue weighted by Crippen LogP contribution is 2.27. The quantitative estimate of drug-likeness (QED) is 0.569. The van der Waals surface area contributed by atoms with Crippen molar-refractivity contribution in [1.29, 1.82) is 0 Å². The molecule has 0 unspecified atom stereocenters. The number of benzene rings is 2. The van der Waals surface area contributed by atoms with Crippen LogP contribution >= 0.6 is 11.6 Å². The Labute approximate surface area is 152 Å². The molecule has 0 fully saturated rings. The lowest BCUT2D eigenvalue weighted by atomic mass is 10.1. The second-order valence-electron chi connectivity index (χ2n) is 6.55. The van der Waals surface area contributed by atoms with E-state index >= 15 is 0 Å². The summed E-state index contributed by atoms with van der Waals surface area (Å²) < 4.78 is 4.45. The number of imidazole rings is 2. The van der Waals surface area contributed by atoms with Crippen LogP contribution in [-0.2, 0) is 6.54 Å². The second-order valence-corrected chi connectivity index (χ2v) is 6.99. The van der Waals surface area contributed by atoms with Crippen LogP contribution in [0.4, 0.5) is 0 Å². The minimum absolute atomic E-state index is 0.462. The van der Waals surface area contributed by atoms with Crippen LogP contribution in [0.5, 0.6) is 0 Å². The number of fused-ring (bicyclic) bond motifs is 3. The molecular weight excluding hydrogens is 332 g/mol. The van der Waals surface area contributed by atoms with Crippen LogP contribution in [0.2, 0.25) is 5.02 Å². The van der Waals surface area contributed by atoms with Crippen molar-refractivity contribution in [3.8, 4) is 11.3 Å². The van der Waals surface area contributed by atoms with Crippen LogP contribution in [0.25, 0.3) is 28.1 Å². The molecule has 0 radical (unpaired) electrons. The fourth-order valence-corrected chi connectivity index (χ4v) is 3.31. The van der Waals surface area contributed by atoms with E-state index in [4.69, 9.17) is 16.6 Å². The molecule has 0 saturated carbocycles. The Kier molecular flexibility index (Phi) is 4.24. The molecule has 0 aliphatic rings. The maximum atomic E-state index is 6.06. The number of halogens is 1. The van der Waals surface area contributed by atoms with Crippen molar-refractivity contribution in [3.63, 3.8) is 0 Å². The van der Waals surface area contributed by atoms with Gasteiger partial charge in [0.05, 0.1) is 16.7 Å². The SMILES string of the molecule is CC(C)NCCn1c(-c2ccc(Cl)cc2)cn2c3ccccc3nc12. The highest BCUT2D eigenvalue weighted by atomic mass is 35.5. The lowest BCUT2D eigenvalue weighted by Gasteiger charge is -2.12. The Balaban J connectivity index is 1.86. The summed E-state index contributed by atoms with van der Waals surface area (Å²) in [6.07, 6.45) is 2.17. The summed E-state index contributed by atoms with van der Waals surface area (Å²) in [4.78, 5) is 4.85. The Morgan fingerprint density at radius 3 is 2.60 bits per heavy atom. The van der Waals surface area contributed by atoms with Crippen LogP contribution in [0.15, 0.2) is 54.7 Å². The third kappa shape index (κ3) is 3.03. The zero-order valence-corrected chi connectivity index (χ0v) is 15.2. The lowest BCUT2D eigenvalue weighted by molar-refractivity contribution is 0.547. The van der Waals surface area contributed by atoms with Crippen molar-refractivity contribution in [2.75, 3.05) is 6.54 Å². The molecule has 4 rings (SSSR count). The number of rotatable bonds is 5. The van der Waals surface area contributed by atoms with Crippen molar-refractivity contribution in [2.24, 2.45) is 0 Å². The van der Waals surface area contributed by atoms with E-state index in [1.165, 1.54) is 0 Å². The summed E-state index contributed by atoms with van der Waals surface area (Å²) in [5, 5.41) is 4.24. The van der Waals surface area contributed by atoms with Gasteiger partial charge in [0.15, 0.2) is 0 Å². The van der Waals surface area contributed by atoms with Gasteiger partial charge in [-0.05, 0) is 29.8 Å². The van der Waals surface area contributed by atoms with E-state index in [0.29, 0.717) is 6.04 Å². The predicted octanol–water partition coefficient (Wildman–Crippen LogP) is 4.61. The maximum Gasteiger partial charge on any atom is 0.215 e. The van der Waals surface area contributed by atoms with Gasteiger partial charge < -0.3 is 9.88 Å². The minimum atomic E-state index is 0.462. The standard InChI is InChI=1S/C20H21ClN4/c1-14(2)22-11-12-24-19(15-7-9-16(21)10-8-15)13-25-18-6-4-3-5-17(18)23-20(24)25/h3-10,13-14,22H,11-12H2,1-2H3. The van der Waals surface area contributed by atoms with Crippen molar-refractivity contribution in [3.05, 3.63) is 59.8 Å². The molecule has 0 saturated heterocycles. The summed E-state index contributed by atoms with van der Waals surface area (Å²) in [7, 11) is 0. The zero-order valence-electron chi connectivity index (χ0n) is 14.4. The number of nitrogens with zero attached hydrogens (tertiary/aromatic N) is 3. The third-order valence-corrected chi connectivity index (χ3v) is 4.64. The van der Waals surface area contributed by atoms with Gasteiger partial charge in [0.1, 0.15) is 0 Å². The van der Waals surface area contributed by atoms with Crippen LogP contribution < -0.4 is 5.32 Å². The molecule has 0 atom stereocenters. The smallest absolute Gasteiger partial charge is 0.215 e. The first kappa shape index (κ1) is 16.2. The van der Waals surface area contributed by atoms with E-state index in [2.05, 4.69) is 64.7 Å². The molecule has 4 aromatic rings. The van der Waals surface area contributed by atoms with Crippen LogP contribution in [0.1, 0.15) is 13.8 Å². The van der Waals surface area contributed by atoms with Gasteiger partial charge in [-0.25, -0.2) is 4.98 Å². The molecule has 2 aromatic carbocycles. The molecule has 5 heteroatoms. The molecule has 0 amide bonds. The molecule has 4 nitrogen and oxygen atoms in total. The average molecular weight is 353 g/mol. The highest BCUT2D eigenvalue weighted by molar-refractivity contribution is 6.30. The summed E-state index contributed by atoms with van der Waals surface area (Å²) >= 11 is 6.06. The summed E-state index contributed by atoms with van der Waals surface area (Å²) in [5.41, 5.74) is 4.44. The summed E-state index contributed by atoms with van der Waals surface area (Å²) in [5.74, 6) is 0.969. The van der Waals surface area contributed by atoms with Crippen molar-refractivity contribution in [1.82, 2.24) is 19.3 Å². The first-order valence-corrected chi connectivity index (χ1v) is 8.97. The molecule has 25 heavy (non-hydrogen) atoms. The van der Waals surface area contributed by atoms with Crippen molar-refractivity contribution >= 4 is 28.4 Å². The number of para-hydroxylation sites is 2. The molecule has 0 spiro atoms. The minimum Gasteiger partial charge on any atom is -0.313 e. The number of hydrogen-bond donors (Lipinski definition) is 1. The number of hydrogen-bond acceptors (Lipinski definition) is 2. The Morgan fingerprint density at radius 2 is 1.84 bits per heavy atom. The highest BCUT2D eigenvalue weighted by Gasteiger charge is 2.15. The van der Waals surface area contributed by atoms with E-state index in [0.717, 1.165) is 46.2 Å². The molecule has 128 valence electrons. The van der Waals surface area contributed by atoms with Gasteiger partial charge in [-0.2, -0.15) is 0 Å². The lowest BCUT2D eigenvalue weighted by Crippen LogP contribution is -2.26. The first-order valence-electron chi connectivity index (χ1n) is 8.59. The number of nitrogens with one attached hydrogen (secondary N) is 1. The second kappa shape index (κ2) is 6.54. The number of aromatic nitrogens is 3. The zero-order chi connectivity index (χ0) is 17.4. The first-order chi connectivity index (χ1) is 12.1.